The molecule has 0 radical (unpaired) electrons. The summed E-state index contributed by atoms with van der Waals surface area (Å²) in [4.78, 5) is 9.64. The lowest BCUT2D eigenvalue weighted by molar-refractivity contribution is -0.116. The van der Waals surface area contributed by atoms with Gasteiger partial charge >= 0.3 is 0 Å². The second-order valence-corrected chi connectivity index (χ2v) is 5.22. The molecule has 0 aromatic heterocycles. The molecule has 1 rings (SSSR count). The van der Waals surface area contributed by atoms with Crippen molar-refractivity contribution in [3.05, 3.63) is 29.3 Å². The number of sulfonamides is 1. The number of amides is 1. The molecule has 0 heterocycles. The van der Waals surface area contributed by atoms with Gasteiger partial charge in [-0.05, 0) is 6.07 Å². The summed E-state index contributed by atoms with van der Waals surface area (Å²) in [5, 5.41) is 8.55. The predicted molar refractivity (Wildman–Crippen MR) is 64.7 cm³/mol. The summed E-state index contributed by atoms with van der Waals surface area (Å²) in [6.45, 7) is -1.36. The minimum absolute atomic E-state index is 0.364. The van der Waals surface area contributed by atoms with Gasteiger partial charge in [-0.15, -0.1) is 0 Å². The standard InChI is InChI=1S/C11H10F2N2O4S/c12-8-4-7(2-1-3-16)11(9(13)5-8)20(18,19)15-6-10(14)17/h4-5,15-16H,3,6H2,(H2,14,17). The molecule has 20 heavy (non-hydrogen) atoms. The molecule has 4 N–H and O–H groups in total. The molecule has 0 aliphatic rings. The van der Waals surface area contributed by atoms with E-state index in [1.807, 2.05) is 0 Å². The summed E-state index contributed by atoms with van der Waals surface area (Å²) in [7, 11) is -4.44. The van der Waals surface area contributed by atoms with Gasteiger partial charge in [0.05, 0.1) is 12.1 Å². The normalized spacial score (nSPS) is 10.8. The van der Waals surface area contributed by atoms with Gasteiger partial charge in [0.2, 0.25) is 15.9 Å². The van der Waals surface area contributed by atoms with Crippen LogP contribution < -0.4 is 10.5 Å². The average molecular weight is 304 g/mol. The Morgan fingerprint density at radius 3 is 2.60 bits per heavy atom. The number of aliphatic hydroxyl groups is 1. The fraction of sp³-hybridized carbons (Fsp3) is 0.182. The van der Waals surface area contributed by atoms with Crippen molar-refractivity contribution < 1.29 is 27.1 Å². The Bertz CT molecular complexity index is 692. The molecule has 0 aliphatic carbocycles. The number of rotatable bonds is 4. The molecule has 0 fully saturated rings. The Labute approximate surface area is 113 Å². The van der Waals surface area contributed by atoms with Gasteiger partial charge in [0.15, 0.2) is 0 Å². The Morgan fingerprint density at radius 2 is 2.05 bits per heavy atom. The van der Waals surface area contributed by atoms with Crippen LogP contribution in [0.1, 0.15) is 5.56 Å². The molecule has 1 amide bonds. The number of hydrogen-bond donors (Lipinski definition) is 3. The molecule has 9 heteroatoms. The number of primary amides is 1. The molecule has 0 spiro atoms. The zero-order chi connectivity index (χ0) is 15.3. The molecular formula is C11H10F2N2O4S. The van der Waals surface area contributed by atoms with Crippen molar-refractivity contribution in [2.45, 2.75) is 4.90 Å². The minimum atomic E-state index is -4.44. The monoisotopic (exact) mass is 304 g/mol. The van der Waals surface area contributed by atoms with Crippen LogP contribution in [0.3, 0.4) is 0 Å². The van der Waals surface area contributed by atoms with E-state index in [2.05, 4.69) is 11.8 Å². The lowest BCUT2D eigenvalue weighted by Gasteiger charge is -2.08. The van der Waals surface area contributed by atoms with Crippen LogP contribution in [-0.4, -0.2) is 32.6 Å². The van der Waals surface area contributed by atoms with Gasteiger partial charge in [-0.3, -0.25) is 4.79 Å². The van der Waals surface area contributed by atoms with Crippen LogP contribution >= 0.6 is 0 Å². The van der Waals surface area contributed by atoms with Crippen LogP contribution in [0.4, 0.5) is 8.78 Å². The van der Waals surface area contributed by atoms with Gasteiger partial charge in [0.1, 0.15) is 23.1 Å². The van der Waals surface area contributed by atoms with E-state index >= 15 is 0 Å². The number of nitrogens with two attached hydrogens (primary N) is 1. The summed E-state index contributed by atoms with van der Waals surface area (Å²) >= 11 is 0. The van der Waals surface area contributed by atoms with E-state index < -0.39 is 51.2 Å². The highest BCUT2D eigenvalue weighted by Gasteiger charge is 2.24. The summed E-state index contributed by atoms with van der Waals surface area (Å²) in [5.74, 6) is 0.834. The van der Waals surface area contributed by atoms with Gasteiger partial charge in [0, 0.05) is 6.07 Å². The van der Waals surface area contributed by atoms with Crippen molar-refractivity contribution >= 4 is 15.9 Å². The van der Waals surface area contributed by atoms with Crippen LogP contribution in [0.2, 0.25) is 0 Å². The van der Waals surface area contributed by atoms with Crippen LogP contribution in [0.5, 0.6) is 0 Å². The minimum Gasteiger partial charge on any atom is -0.384 e. The fourth-order valence-electron chi connectivity index (χ4n) is 1.30. The van der Waals surface area contributed by atoms with Crippen molar-refractivity contribution in [2.24, 2.45) is 5.73 Å². The number of halogens is 2. The van der Waals surface area contributed by atoms with Crippen molar-refractivity contribution in [1.29, 1.82) is 0 Å². The quantitative estimate of drug-likeness (QED) is 0.624. The molecule has 0 aliphatic heterocycles. The van der Waals surface area contributed by atoms with Crippen LogP contribution in [0, 0.1) is 23.5 Å². The largest absolute Gasteiger partial charge is 0.384 e. The van der Waals surface area contributed by atoms with E-state index in [4.69, 9.17) is 10.8 Å². The first-order valence-electron chi connectivity index (χ1n) is 5.14. The average Bonchev–Trinajstić information content (AvgIpc) is 2.32. The predicted octanol–water partition coefficient (Wildman–Crippen LogP) is -0.928. The maximum Gasteiger partial charge on any atom is 0.245 e. The van der Waals surface area contributed by atoms with Crippen molar-refractivity contribution in [1.82, 2.24) is 4.72 Å². The van der Waals surface area contributed by atoms with Crippen LogP contribution in [-0.2, 0) is 14.8 Å². The number of benzene rings is 1. The van der Waals surface area contributed by atoms with Crippen molar-refractivity contribution in [3.8, 4) is 11.8 Å². The van der Waals surface area contributed by atoms with Gasteiger partial charge < -0.3 is 10.8 Å². The Balaban J connectivity index is 3.38. The van der Waals surface area contributed by atoms with Crippen molar-refractivity contribution in [3.63, 3.8) is 0 Å². The molecule has 1 aromatic carbocycles. The van der Waals surface area contributed by atoms with Crippen LogP contribution in [0.25, 0.3) is 0 Å². The molecule has 0 saturated heterocycles. The Hall–Kier alpha value is -2.02. The van der Waals surface area contributed by atoms with E-state index in [0.29, 0.717) is 12.1 Å². The number of carbonyl (C=O) groups excluding carboxylic acids is 1. The molecule has 108 valence electrons. The molecular weight excluding hydrogens is 294 g/mol. The number of nitrogens with one attached hydrogen (secondary N) is 1. The second-order valence-electron chi connectivity index (χ2n) is 3.52. The van der Waals surface area contributed by atoms with E-state index in [0.717, 1.165) is 0 Å². The first kappa shape index (κ1) is 16.0. The lowest BCUT2D eigenvalue weighted by Crippen LogP contribution is -2.34. The third-order valence-electron chi connectivity index (χ3n) is 2.02. The second kappa shape index (κ2) is 6.42. The third-order valence-corrected chi connectivity index (χ3v) is 3.49. The van der Waals surface area contributed by atoms with Crippen molar-refractivity contribution in [2.75, 3.05) is 13.2 Å². The van der Waals surface area contributed by atoms with E-state index in [1.165, 1.54) is 0 Å². The first-order valence-corrected chi connectivity index (χ1v) is 6.63. The molecule has 1 aromatic rings. The summed E-state index contributed by atoms with van der Waals surface area (Å²) in [6, 6.07) is 1.06. The Morgan fingerprint density at radius 1 is 1.40 bits per heavy atom. The van der Waals surface area contributed by atoms with Gasteiger partial charge in [-0.2, -0.15) is 0 Å². The highest BCUT2D eigenvalue weighted by molar-refractivity contribution is 7.89. The number of aliphatic hydroxyl groups excluding tert-OH is 1. The number of carbonyl (C=O) groups is 1. The summed E-state index contributed by atoms with van der Waals surface area (Å²) in [6.07, 6.45) is 0. The van der Waals surface area contributed by atoms with E-state index in [-0.39, 0.29) is 0 Å². The maximum atomic E-state index is 13.7. The zero-order valence-corrected chi connectivity index (χ0v) is 10.8. The summed E-state index contributed by atoms with van der Waals surface area (Å²) < 4.78 is 52.2. The zero-order valence-electron chi connectivity index (χ0n) is 9.98. The fourth-order valence-corrected chi connectivity index (χ4v) is 2.49. The SMILES string of the molecule is NC(=O)CNS(=O)(=O)c1c(F)cc(F)cc1C#CCO. The summed E-state index contributed by atoms with van der Waals surface area (Å²) in [5.41, 5.74) is 4.30. The molecule has 0 atom stereocenters. The van der Waals surface area contributed by atoms with E-state index in [1.54, 1.807) is 4.72 Å². The highest BCUT2D eigenvalue weighted by atomic mass is 32.2. The highest BCUT2D eigenvalue weighted by Crippen LogP contribution is 2.20. The molecule has 0 saturated carbocycles. The van der Waals surface area contributed by atoms with Gasteiger partial charge in [-0.1, -0.05) is 11.8 Å². The van der Waals surface area contributed by atoms with Gasteiger partial charge in [0.25, 0.3) is 0 Å². The molecule has 6 nitrogen and oxygen atoms in total. The lowest BCUT2D eigenvalue weighted by atomic mass is 10.2. The first-order chi connectivity index (χ1) is 9.27. The third kappa shape index (κ3) is 3.99. The molecule has 0 bridgehead atoms. The maximum absolute atomic E-state index is 13.7. The van der Waals surface area contributed by atoms with Gasteiger partial charge in [-0.25, -0.2) is 21.9 Å². The smallest absolute Gasteiger partial charge is 0.245 e. The number of hydrogen-bond acceptors (Lipinski definition) is 4. The van der Waals surface area contributed by atoms with E-state index in [9.17, 15) is 22.0 Å². The topological polar surface area (TPSA) is 109 Å². The Kier molecular flexibility index (Phi) is 5.15. The van der Waals surface area contributed by atoms with Crippen LogP contribution in [0.15, 0.2) is 17.0 Å². The molecule has 0 unspecified atom stereocenters.